The van der Waals surface area contributed by atoms with Crippen molar-refractivity contribution in [2.45, 2.75) is 19.1 Å². The van der Waals surface area contributed by atoms with E-state index in [2.05, 4.69) is 14.7 Å². The lowest BCUT2D eigenvalue weighted by atomic mass is 10.0. The zero-order valence-corrected chi connectivity index (χ0v) is 20.2. The minimum Gasteiger partial charge on any atom is -0.486 e. The van der Waals surface area contributed by atoms with Crippen LogP contribution in [0.4, 0.5) is 11.5 Å². The van der Waals surface area contributed by atoms with Crippen molar-refractivity contribution in [1.29, 1.82) is 0 Å². The minimum atomic E-state index is -1.23. The minimum absolute atomic E-state index is 0.478. The van der Waals surface area contributed by atoms with Gasteiger partial charge in [0.2, 0.25) is 0 Å². The summed E-state index contributed by atoms with van der Waals surface area (Å²) in [6.07, 6.45) is -1.10. The number of carbonyl (C=O) groups is 1. The molecule has 0 bridgehead atoms. The number of anilines is 2. The first kappa shape index (κ1) is 23.2. The average molecular weight is 512 g/mol. The number of hydrogen-bond donors (Lipinski definition) is 4. The Morgan fingerprint density at radius 2 is 1.91 bits per heavy atom. The number of nitrogens with one attached hydrogen (secondary N) is 2. The molecule has 3 aliphatic rings. The van der Waals surface area contributed by atoms with Crippen LogP contribution in [-0.2, 0) is 4.79 Å². The predicted molar refractivity (Wildman–Crippen MR) is 135 cm³/mol. The lowest BCUT2D eigenvalue weighted by molar-refractivity contribution is -0.140. The van der Waals surface area contributed by atoms with Gasteiger partial charge in [0, 0.05) is 11.1 Å². The van der Waals surface area contributed by atoms with Gasteiger partial charge in [0.15, 0.2) is 17.5 Å². The normalized spacial score (nSPS) is 15.1. The van der Waals surface area contributed by atoms with Crippen molar-refractivity contribution >= 4 is 40.6 Å². The summed E-state index contributed by atoms with van der Waals surface area (Å²) in [6, 6.07) is 15.7. The van der Waals surface area contributed by atoms with E-state index in [9.17, 15) is 15.0 Å². The Kier molecular flexibility index (Phi) is 6.38. The molecule has 1 aliphatic carbocycles. The van der Waals surface area contributed by atoms with Crippen LogP contribution < -0.4 is 20.1 Å². The van der Waals surface area contributed by atoms with Gasteiger partial charge < -0.3 is 25.0 Å². The fraction of sp³-hybridized carbons (Fsp3) is 0.200. The highest BCUT2D eigenvalue weighted by atomic mass is 35.5. The number of aliphatic hydroxyl groups is 1. The van der Waals surface area contributed by atoms with E-state index < -0.39 is 18.1 Å². The first-order valence-electron chi connectivity index (χ1n) is 10.9. The molecule has 2 aromatic rings. The number of nitrogens with zero attached hydrogens (tertiary/aromatic N) is 1. The van der Waals surface area contributed by atoms with Crippen LogP contribution in [0.2, 0.25) is 5.02 Å². The molecule has 35 heavy (non-hydrogen) atoms. The maximum Gasteiger partial charge on any atom is 0.331 e. The summed E-state index contributed by atoms with van der Waals surface area (Å²) < 4.78 is 14.6. The van der Waals surface area contributed by atoms with Gasteiger partial charge in [0.05, 0.1) is 27.0 Å². The third-order valence-electron chi connectivity index (χ3n) is 5.61. The number of aliphatic carboxylic acids is 1. The number of aliphatic hydroxyl groups excluding tert-OH is 1. The maximum atomic E-state index is 11.4. The van der Waals surface area contributed by atoms with Gasteiger partial charge in [-0.2, -0.15) is 0 Å². The monoisotopic (exact) mass is 511 g/mol. The van der Waals surface area contributed by atoms with Crippen molar-refractivity contribution in [3.63, 3.8) is 0 Å². The summed E-state index contributed by atoms with van der Waals surface area (Å²) in [5.41, 5.74) is 3.40. The van der Waals surface area contributed by atoms with Gasteiger partial charge in [-0.1, -0.05) is 41.3 Å². The van der Waals surface area contributed by atoms with Gasteiger partial charge in [0.1, 0.15) is 19.0 Å². The second-order valence-electron chi connectivity index (χ2n) is 8.06. The molecule has 10 heteroatoms. The summed E-state index contributed by atoms with van der Waals surface area (Å²) in [6.45, 7) is 2.45. The fourth-order valence-electron chi connectivity index (χ4n) is 3.86. The number of aromatic amines is 1. The van der Waals surface area contributed by atoms with Crippen LogP contribution in [0.15, 0.2) is 59.6 Å². The van der Waals surface area contributed by atoms with E-state index in [1.54, 1.807) is 12.1 Å². The molecule has 0 spiro atoms. The zero-order chi connectivity index (χ0) is 24.5. The molecule has 2 aliphatic heterocycles. The van der Waals surface area contributed by atoms with E-state index in [1.165, 1.54) is 18.5 Å². The van der Waals surface area contributed by atoms with Crippen molar-refractivity contribution in [3.05, 3.63) is 65.0 Å². The van der Waals surface area contributed by atoms with Crippen molar-refractivity contribution < 1.29 is 24.5 Å². The van der Waals surface area contributed by atoms with Crippen LogP contribution in [0, 0.1) is 0 Å². The number of fused-ring (bicyclic) bond motifs is 2. The molecular formula is C25H22ClN3O5S. The molecule has 180 valence electrons. The third kappa shape index (κ3) is 4.70. The standard InChI is InChI=1S/C25H22ClN3O5S/c1-13(30)23(25(31)32)27-15-6-7-17-21(12-15)35-29-24(17)28-18-4-2-3-16(22(18)26)14-5-8-19-20(11-14)34-10-9-33-19/h2-8,11-13,23,28-30H,9-10H2,1H3,(H,31,32). The maximum absolute atomic E-state index is 11.4. The highest BCUT2D eigenvalue weighted by Crippen LogP contribution is 2.41. The molecular weight excluding hydrogens is 490 g/mol. The van der Waals surface area contributed by atoms with Crippen LogP contribution in [0.25, 0.3) is 21.6 Å². The number of H-pyrrole nitrogens is 1. The van der Waals surface area contributed by atoms with E-state index in [-0.39, 0.29) is 0 Å². The number of halogens is 1. The number of ether oxygens (including phenoxy) is 2. The molecule has 0 fully saturated rings. The molecule has 2 aromatic carbocycles. The molecule has 0 radical (unpaired) electrons. The Labute approximate surface area is 209 Å². The molecule has 5 rings (SSSR count). The van der Waals surface area contributed by atoms with Gasteiger partial charge in [-0.25, -0.2) is 4.79 Å². The predicted octanol–water partition coefficient (Wildman–Crippen LogP) is 4.75. The molecule has 0 amide bonds. The van der Waals surface area contributed by atoms with Crippen LogP contribution in [0.3, 0.4) is 0 Å². The summed E-state index contributed by atoms with van der Waals surface area (Å²) in [5.74, 6) is 0.997. The zero-order valence-electron chi connectivity index (χ0n) is 18.6. The average Bonchev–Trinajstić information content (AvgIpc) is 3.25. The number of carboxylic acid groups (broad SMARTS) is 1. The first-order chi connectivity index (χ1) is 16.9. The van der Waals surface area contributed by atoms with Crippen LogP contribution in [0.5, 0.6) is 11.5 Å². The number of rotatable bonds is 6. The quantitative estimate of drug-likeness (QED) is 0.297. The Hall–Kier alpha value is -3.53. The van der Waals surface area contributed by atoms with E-state index in [1.807, 2.05) is 42.5 Å². The van der Waals surface area contributed by atoms with E-state index >= 15 is 0 Å². The Morgan fingerprint density at radius 1 is 1.11 bits per heavy atom. The van der Waals surface area contributed by atoms with Gasteiger partial charge in [0.25, 0.3) is 0 Å². The van der Waals surface area contributed by atoms with Gasteiger partial charge in [-0.15, -0.1) is 0 Å². The van der Waals surface area contributed by atoms with Crippen LogP contribution in [0.1, 0.15) is 6.92 Å². The highest BCUT2D eigenvalue weighted by Gasteiger charge is 2.22. The van der Waals surface area contributed by atoms with E-state index in [0.29, 0.717) is 29.3 Å². The molecule has 2 unspecified atom stereocenters. The van der Waals surface area contributed by atoms with E-state index in [0.717, 1.165) is 38.8 Å². The second-order valence-corrected chi connectivity index (χ2v) is 9.29. The Bertz CT molecular complexity index is 1430. The molecule has 8 nitrogen and oxygen atoms in total. The van der Waals surface area contributed by atoms with Crippen LogP contribution >= 0.6 is 23.1 Å². The first-order valence-corrected chi connectivity index (χ1v) is 12.1. The van der Waals surface area contributed by atoms with Crippen molar-refractivity contribution in [2.24, 2.45) is 4.99 Å². The molecule has 0 saturated heterocycles. The Balaban J connectivity index is 1.44. The molecule has 0 aromatic heterocycles. The van der Waals surface area contributed by atoms with Crippen molar-refractivity contribution in [2.75, 3.05) is 18.5 Å². The number of benzene rings is 3. The van der Waals surface area contributed by atoms with Crippen molar-refractivity contribution in [1.82, 2.24) is 4.37 Å². The Morgan fingerprint density at radius 3 is 2.69 bits per heavy atom. The SMILES string of the molecule is CC(O)C(N=c1ccc2c(Nc3cccc(-c4ccc5c(c4)OCCO5)c3Cl)[nH]sc-2c1)C(=O)O. The van der Waals surface area contributed by atoms with Crippen LogP contribution in [-0.4, -0.2) is 45.9 Å². The molecule has 2 heterocycles. The summed E-state index contributed by atoms with van der Waals surface area (Å²) in [5, 5.41) is 23.4. The third-order valence-corrected chi connectivity index (χ3v) is 6.88. The van der Waals surface area contributed by atoms with Gasteiger partial charge in [-0.3, -0.25) is 9.37 Å². The summed E-state index contributed by atoms with van der Waals surface area (Å²) >= 11 is 8.18. The van der Waals surface area contributed by atoms with Gasteiger partial charge >= 0.3 is 5.97 Å². The number of hydrogen-bond acceptors (Lipinski definition) is 7. The van der Waals surface area contributed by atoms with E-state index in [4.69, 9.17) is 21.1 Å². The topological polar surface area (TPSA) is 116 Å². The molecule has 0 saturated carbocycles. The second kappa shape index (κ2) is 9.61. The van der Waals surface area contributed by atoms with Crippen molar-refractivity contribution in [3.8, 4) is 33.1 Å². The number of aromatic nitrogens is 1. The lowest BCUT2D eigenvalue weighted by Crippen LogP contribution is -2.31. The largest absolute Gasteiger partial charge is 0.486 e. The lowest BCUT2D eigenvalue weighted by Gasteiger charge is -2.19. The fourth-order valence-corrected chi connectivity index (χ4v) is 4.98. The number of carboxylic acids is 1. The summed E-state index contributed by atoms with van der Waals surface area (Å²) in [4.78, 5) is 16.4. The smallest absolute Gasteiger partial charge is 0.331 e. The highest BCUT2D eigenvalue weighted by molar-refractivity contribution is 7.10. The molecule has 2 atom stereocenters. The summed E-state index contributed by atoms with van der Waals surface area (Å²) in [7, 11) is 0. The van der Waals surface area contributed by atoms with Gasteiger partial charge in [-0.05, 0) is 48.9 Å². The molecule has 4 N–H and O–H groups in total.